The van der Waals surface area contributed by atoms with Crippen LogP contribution in [0.25, 0.3) is 21.8 Å². The second-order valence-electron chi connectivity index (χ2n) is 9.84. The molecule has 6 nitrogen and oxygen atoms in total. The van der Waals surface area contributed by atoms with Gasteiger partial charge in [0.25, 0.3) is 0 Å². The van der Waals surface area contributed by atoms with Gasteiger partial charge in [0, 0.05) is 28.4 Å². The first kappa shape index (κ1) is 25.6. The van der Waals surface area contributed by atoms with Crippen molar-refractivity contribution >= 4 is 21.8 Å². The quantitative estimate of drug-likeness (QED) is 0.273. The molecule has 0 saturated carbocycles. The van der Waals surface area contributed by atoms with Gasteiger partial charge in [-0.05, 0) is 50.3 Å². The van der Waals surface area contributed by atoms with Gasteiger partial charge in [-0.25, -0.2) is 9.97 Å². The van der Waals surface area contributed by atoms with E-state index in [-0.39, 0.29) is 0 Å². The third-order valence-electron chi connectivity index (χ3n) is 7.13. The molecule has 0 amide bonds. The van der Waals surface area contributed by atoms with Gasteiger partial charge in [0.2, 0.25) is 11.8 Å². The Kier molecular flexibility index (Phi) is 7.27. The summed E-state index contributed by atoms with van der Waals surface area (Å²) in [5.41, 5.74) is 2.66. The Morgan fingerprint density at radius 3 is 1.68 bits per heavy atom. The Labute approximate surface area is 223 Å². The minimum atomic E-state index is -1.33. The fraction of sp³-hybridized carbons (Fsp3) is 0.250. The molecule has 2 aromatic heterocycles. The fourth-order valence-corrected chi connectivity index (χ4v) is 5.23. The molecule has 194 valence electrons. The predicted molar refractivity (Wildman–Crippen MR) is 152 cm³/mol. The number of methoxy groups -OCH3 is 2. The molecule has 5 aromatic rings. The Hall–Kier alpha value is -4.00. The van der Waals surface area contributed by atoms with Gasteiger partial charge < -0.3 is 19.5 Å². The summed E-state index contributed by atoms with van der Waals surface area (Å²) < 4.78 is 11.8. The van der Waals surface area contributed by atoms with Crippen LogP contribution in [0.3, 0.4) is 0 Å². The third kappa shape index (κ3) is 4.80. The van der Waals surface area contributed by atoms with Gasteiger partial charge in [-0.3, -0.25) is 0 Å². The van der Waals surface area contributed by atoms with E-state index in [1.165, 1.54) is 0 Å². The molecule has 1 N–H and O–H groups in total. The van der Waals surface area contributed by atoms with Crippen LogP contribution in [0.15, 0.2) is 91.0 Å². The zero-order valence-electron chi connectivity index (χ0n) is 22.3. The van der Waals surface area contributed by atoms with Crippen molar-refractivity contribution in [1.29, 1.82) is 0 Å². The van der Waals surface area contributed by atoms with Gasteiger partial charge in [0.1, 0.15) is 5.60 Å². The normalized spacial score (nSPS) is 13.2. The number of nitrogens with zero attached hydrogens (tertiary/aromatic N) is 3. The van der Waals surface area contributed by atoms with E-state index in [1.54, 1.807) is 14.2 Å². The molecule has 0 saturated heterocycles. The average Bonchev–Trinajstić information content (AvgIpc) is 2.95. The fourth-order valence-electron chi connectivity index (χ4n) is 5.23. The molecule has 1 unspecified atom stereocenters. The van der Waals surface area contributed by atoms with E-state index in [0.717, 1.165) is 38.5 Å². The van der Waals surface area contributed by atoms with Gasteiger partial charge in [-0.15, -0.1) is 0 Å². The monoisotopic (exact) mass is 507 g/mol. The molecule has 0 aliphatic rings. The first-order chi connectivity index (χ1) is 18.4. The summed E-state index contributed by atoms with van der Waals surface area (Å²) in [6, 6.07) is 29.8. The van der Waals surface area contributed by atoms with E-state index in [0.29, 0.717) is 24.7 Å². The number of benzene rings is 3. The summed E-state index contributed by atoms with van der Waals surface area (Å²) in [7, 11) is 7.26. The minimum absolute atomic E-state index is 0.459. The minimum Gasteiger partial charge on any atom is -0.481 e. The van der Waals surface area contributed by atoms with Crippen molar-refractivity contribution in [2.45, 2.75) is 17.9 Å². The van der Waals surface area contributed by atoms with Gasteiger partial charge in [-0.2, -0.15) is 0 Å². The van der Waals surface area contributed by atoms with Gasteiger partial charge in [0.15, 0.2) is 0 Å². The molecule has 5 rings (SSSR count). The van der Waals surface area contributed by atoms with Gasteiger partial charge >= 0.3 is 0 Å². The van der Waals surface area contributed by atoms with Crippen molar-refractivity contribution in [3.8, 4) is 11.8 Å². The number of pyridine rings is 2. The molecule has 2 heterocycles. The molecule has 3 aromatic carbocycles. The van der Waals surface area contributed by atoms with Crippen LogP contribution in [0.5, 0.6) is 11.8 Å². The zero-order chi connectivity index (χ0) is 26.7. The predicted octanol–water partition coefficient (Wildman–Crippen LogP) is 5.77. The number of fused-ring (bicyclic) bond motifs is 2. The lowest BCUT2D eigenvalue weighted by Gasteiger charge is -2.39. The lowest BCUT2D eigenvalue weighted by atomic mass is 9.71. The molecule has 0 fully saturated rings. The highest BCUT2D eigenvalue weighted by Crippen LogP contribution is 2.49. The Morgan fingerprint density at radius 1 is 0.737 bits per heavy atom. The highest BCUT2D eigenvalue weighted by Gasteiger charge is 2.44. The average molecular weight is 508 g/mol. The van der Waals surface area contributed by atoms with Crippen molar-refractivity contribution < 1.29 is 14.6 Å². The Bertz CT molecular complexity index is 1470. The second kappa shape index (κ2) is 10.8. The number of para-hydroxylation sites is 2. The maximum Gasteiger partial charge on any atom is 0.217 e. The molecule has 0 bridgehead atoms. The third-order valence-corrected chi connectivity index (χ3v) is 7.13. The van der Waals surface area contributed by atoms with E-state index < -0.39 is 11.5 Å². The summed E-state index contributed by atoms with van der Waals surface area (Å²) in [4.78, 5) is 11.8. The van der Waals surface area contributed by atoms with Gasteiger partial charge in [0.05, 0.1) is 31.2 Å². The molecule has 38 heavy (non-hydrogen) atoms. The van der Waals surface area contributed by atoms with Crippen molar-refractivity contribution in [2.75, 3.05) is 34.9 Å². The Morgan fingerprint density at radius 2 is 1.21 bits per heavy atom. The highest BCUT2D eigenvalue weighted by molar-refractivity contribution is 5.82. The van der Waals surface area contributed by atoms with Crippen LogP contribution in [0.2, 0.25) is 0 Å². The van der Waals surface area contributed by atoms with E-state index in [4.69, 9.17) is 19.4 Å². The molecule has 0 spiro atoms. The lowest BCUT2D eigenvalue weighted by Crippen LogP contribution is -2.38. The van der Waals surface area contributed by atoms with Crippen molar-refractivity contribution in [3.63, 3.8) is 0 Å². The summed E-state index contributed by atoms with van der Waals surface area (Å²) in [6.45, 7) is 0.661. The topological polar surface area (TPSA) is 67.7 Å². The first-order valence-electron chi connectivity index (χ1n) is 12.7. The molecular formula is C32H33N3O3. The molecule has 6 heteroatoms. The number of aliphatic hydroxyl groups is 1. The van der Waals surface area contributed by atoms with Crippen LogP contribution in [-0.2, 0) is 5.60 Å². The van der Waals surface area contributed by atoms with E-state index in [1.807, 2.05) is 93.0 Å². The number of hydrogen-bond acceptors (Lipinski definition) is 6. The lowest BCUT2D eigenvalue weighted by molar-refractivity contribution is 0.00312. The summed E-state index contributed by atoms with van der Waals surface area (Å²) in [5, 5.41) is 14.8. The first-order valence-corrected chi connectivity index (χ1v) is 12.7. The van der Waals surface area contributed by atoms with E-state index in [2.05, 4.69) is 17.0 Å². The standard InChI is InChI=1S/C32H33N3O3/c1-35(2)19-18-32(36,24-14-6-5-7-15-24)29(25-20-22-12-8-10-16-27(22)33-30(25)37-3)26-21-23-13-9-11-17-28(23)34-31(26)38-4/h5-17,20-21,29,36H,18-19H2,1-4H3. The second-order valence-corrected chi connectivity index (χ2v) is 9.84. The maximum absolute atomic E-state index is 12.9. The van der Waals surface area contributed by atoms with Gasteiger partial charge in [-0.1, -0.05) is 66.7 Å². The Balaban J connectivity index is 1.87. The largest absolute Gasteiger partial charge is 0.481 e. The summed E-state index contributed by atoms with van der Waals surface area (Å²) in [5.74, 6) is 0.329. The summed E-state index contributed by atoms with van der Waals surface area (Å²) >= 11 is 0. The maximum atomic E-state index is 12.9. The molecule has 0 aliphatic carbocycles. The van der Waals surface area contributed by atoms with Crippen molar-refractivity contribution in [2.24, 2.45) is 0 Å². The number of hydrogen-bond donors (Lipinski definition) is 1. The zero-order valence-corrected chi connectivity index (χ0v) is 22.3. The number of rotatable bonds is 9. The molecule has 0 aliphatic heterocycles. The van der Waals surface area contributed by atoms with Crippen LogP contribution in [-0.4, -0.2) is 54.8 Å². The van der Waals surface area contributed by atoms with E-state index >= 15 is 0 Å². The molecule has 0 radical (unpaired) electrons. The van der Waals surface area contributed by atoms with Crippen LogP contribution < -0.4 is 9.47 Å². The molecular weight excluding hydrogens is 474 g/mol. The summed E-state index contributed by atoms with van der Waals surface area (Å²) in [6.07, 6.45) is 0.459. The molecule has 1 atom stereocenters. The van der Waals surface area contributed by atoms with Crippen LogP contribution in [0.1, 0.15) is 29.0 Å². The van der Waals surface area contributed by atoms with Crippen molar-refractivity contribution in [3.05, 3.63) is 108 Å². The van der Waals surface area contributed by atoms with Crippen LogP contribution in [0, 0.1) is 0 Å². The number of aromatic nitrogens is 2. The number of ether oxygens (including phenoxy) is 2. The SMILES string of the molecule is COc1nc2ccccc2cc1C(c1cc2ccccc2nc1OC)C(O)(CCN(C)C)c1ccccc1. The smallest absolute Gasteiger partial charge is 0.217 e. The van der Waals surface area contributed by atoms with Crippen LogP contribution >= 0.6 is 0 Å². The highest BCUT2D eigenvalue weighted by atomic mass is 16.5. The van der Waals surface area contributed by atoms with Crippen molar-refractivity contribution in [1.82, 2.24) is 14.9 Å². The van der Waals surface area contributed by atoms with Crippen LogP contribution in [0.4, 0.5) is 0 Å². The van der Waals surface area contributed by atoms with E-state index in [9.17, 15) is 5.11 Å².